The minimum absolute atomic E-state index is 0.0505. The highest BCUT2D eigenvalue weighted by Gasteiger charge is 2.29. The van der Waals surface area contributed by atoms with Crippen molar-refractivity contribution in [3.05, 3.63) is 34.3 Å². The second-order valence-electron chi connectivity index (χ2n) is 4.65. The summed E-state index contributed by atoms with van der Waals surface area (Å²) in [6, 6.07) is 7.44. The van der Waals surface area contributed by atoms with Crippen LogP contribution >= 0.6 is 15.9 Å². The van der Waals surface area contributed by atoms with Crippen LogP contribution in [0.4, 0.5) is 0 Å². The van der Waals surface area contributed by atoms with Gasteiger partial charge in [-0.05, 0) is 47.8 Å². The highest BCUT2D eigenvalue weighted by molar-refractivity contribution is 9.10. The molecule has 0 radical (unpaired) electrons. The molecular weight excluding hydrogens is 282 g/mol. The van der Waals surface area contributed by atoms with Gasteiger partial charge in [0.25, 0.3) is 5.91 Å². The fourth-order valence-electron chi connectivity index (χ4n) is 2.02. The standard InChI is InChI=1S/C13H16BrNO2/c1-13(7-4-8-17-9-13)15-12(16)10-5-2-3-6-11(10)14/h2-3,5-6H,4,7-9H2,1H3,(H,15,16). The highest BCUT2D eigenvalue weighted by atomic mass is 79.9. The molecule has 1 aromatic rings. The largest absolute Gasteiger partial charge is 0.379 e. The van der Waals surface area contributed by atoms with Crippen molar-refractivity contribution in [1.29, 1.82) is 0 Å². The Morgan fingerprint density at radius 3 is 2.88 bits per heavy atom. The number of benzene rings is 1. The number of amides is 1. The van der Waals surface area contributed by atoms with Crippen LogP contribution in [0.25, 0.3) is 0 Å². The number of rotatable bonds is 2. The molecule has 4 heteroatoms. The zero-order valence-corrected chi connectivity index (χ0v) is 11.4. The third-order valence-electron chi connectivity index (χ3n) is 2.97. The number of hydrogen-bond acceptors (Lipinski definition) is 2. The molecule has 2 rings (SSSR count). The third-order valence-corrected chi connectivity index (χ3v) is 3.66. The molecule has 1 aliphatic heterocycles. The van der Waals surface area contributed by atoms with Crippen molar-refractivity contribution in [2.75, 3.05) is 13.2 Å². The predicted molar refractivity (Wildman–Crippen MR) is 70.1 cm³/mol. The average molecular weight is 298 g/mol. The number of ether oxygens (including phenoxy) is 1. The maximum atomic E-state index is 12.1. The maximum absolute atomic E-state index is 12.1. The Labute approximate surface area is 110 Å². The zero-order valence-electron chi connectivity index (χ0n) is 9.83. The third kappa shape index (κ3) is 3.07. The Morgan fingerprint density at radius 1 is 1.47 bits per heavy atom. The Balaban J connectivity index is 2.09. The van der Waals surface area contributed by atoms with Gasteiger partial charge in [0, 0.05) is 11.1 Å². The summed E-state index contributed by atoms with van der Waals surface area (Å²) in [4.78, 5) is 12.1. The van der Waals surface area contributed by atoms with E-state index in [0.717, 1.165) is 23.9 Å². The molecule has 0 bridgehead atoms. The van der Waals surface area contributed by atoms with Crippen LogP contribution in [0.3, 0.4) is 0 Å². The lowest BCUT2D eigenvalue weighted by Crippen LogP contribution is -2.51. The minimum atomic E-state index is -0.245. The van der Waals surface area contributed by atoms with E-state index in [1.807, 2.05) is 31.2 Å². The number of carbonyl (C=O) groups excluding carboxylic acids is 1. The smallest absolute Gasteiger partial charge is 0.252 e. The van der Waals surface area contributed by atoms with Crippen LogP contribution in [0.5, 0.6) is 0 Å². The lowest BCUT2D eigenvalue weighted by molar-refractivity contribution is 0.0272. The average Bonchev–Trinajstić information content (AvgIpc) is 2.29. The summed E-state index contributed by atoms with van der Waals surface area (Å²) < 4.78 is 6.24. The van der Waals surface area contributed by atoms with Crippen molar-refractivity contribution in [1.82, 2.24) is 5.32 Å². The zero-order chi connectivity index (χ0) is 12.3. The molecule has 1 atom stereocenters. The number of carbonyl (C=O) groups is 1. The summed E-state index contributed by atoms with van der Waals surface area (Å²) in [5.74, 6) is -0.0505. The topological polar surface area (TPSA) is 38.3 Å². The van der Waals surface area contributed by atoms with Gasteiger partial charge in [-0.1, -0.05) is 12.1 Å². The van der Waals surface area contributed by atoms with Crippen molar-refractivity contribution in [3.8, 4) is 0 Å². The summed E-state index contributed by atoms with van der Waals surface area (Å²) in [7, 11) is 0. The summed E-state index contributed by atoms with van der Waals surface area (Å²) in [5, 5.41) is 3.06. The first kappa shape index (κ1) is 12.6. The summed E-state index contributed by atoms with van der Waals surface area (Å²) in [6.45, 7) is 3.41. The molecule has 1 saturated heterocycles. The van der Waals surface area contributed by atoms with E-state index < -0.39 is 0 Å². The van der Waals surface area contributed by atoms with Crippen LogP contribution in [-0.4, -0.2) is 24.7 Å². The molecule has 1 fully saturated rings. The van der Waals surface area contributed by atoms with Gasteiger partial charge in [0.05, 0.1) is 17.7 Å². The summed E-state index contributed by atoms with van der Waals surface area (Å²) in [5.41, 5.74) is 0.421. The Hall–Kier alpha value is -0.870. The molecule has 3 nitrogen and oxygen atoms in total. The van der Waals surface area contributed by atoms with Crippen LogP contribution in [0, 0.1) is 0 Å². The molecule has 0 aliphatic carbocycles. The van der Waals surface area contributed by atoms with E-state index in [9.17, 15) is 4.79 Å². The quantitative estimate of drug-likeness (QED) is 0.911. The lowest BCUT2D eigenvalue weighted by Gasteiger charge is -2.34. The van der Waals surface area contributed by atoms with Crippen molar-refractivity contribution >= 4 is 21.8 Å². The number of hydrogen-bond donors (Lipinski definition) is 1. The van der Waals surface area contributed by atoms with Crippen molar-refractivity contribution in [2.24, 2.45) is 0 Å². The molecule has 1 amide bonds. The molecule has 1 N–H and O–H groups in total. The van der Waals surface area contributed by atoms with E-state index in [4.69, 9.17) is 4.74 Å². The van der Waals surface area contributed by atoms with E-state index in [2.05, 4.69) is 21.2 Å². The SMILES string of the molecule is CC1(NC(=O)c2ccccc2Br)CCCOC1. The monoisotopic (exact) mass is 297 g/mol. The molecule has 1 aliphatic rings. The summed E-state index contributed by atoms with van der Waals surface area (Å²) >= 11 is 3.39. The van der Waals surface area contributed by atoms with Gasteiger partial charge in [0.15, 0.2) is 0 Å². The first-order valence-electron chi connectivity index (χ1n) is 5.75. The van der Waals surface area contributed by atoms with Gasteiger partial charge in [-0.15, -0.1) is 0 Å². The van der Waals surface area contributed by atoms with E-state index in [1.165, 1.54) is 0 Å². The number of nitrogens with one attached hydrogen (secondary N) is 1. The molecule has 17 heavy (non-hydrogen) atoms. The molecule has 0 aromatic heterocycles. The molecule has 1 heterocycles. The van der Waals surface area contributed by atoms with Crippen molar-refractivity contribution < 1.29 is 9.53 Å². The fourth-order valence-corrected chi connectivity index (χ4v) is 2.48. The first-order valence-corrected chi connectivity index (χ1v) is 6.55. The maximum Gasteiger partial charge on any atom is 0.252 e. The van der Waals surface area contributed by atoms with Crippen LogP contribution in [0.2, 0.25) is 0 Å². The molecule has 0 saturated carbocycles. The van der Waals surface area contributed by atoms with Gasteiger partial charge in [-0.3, -0.25) is 4.79 Å². The first-order chi connectivity index (χ1) is 8.11. The van der Waals surface area contributed by atoms with Crippen LogP contribution < -0.4 is 5.32 Å². The van der Waals surface area contributed by atoms with E-state index in [1.54, 1.807) is 0 Å². The van der Waals surface area contributed by atoms with Crippen LogP contribution in [-0.2, 0) is 4.74 Å². The van der Waals surface area contributed by atoms with Crippen LogP contribution in [0.15, 0.2) is 28.7 Å². The van der Waals surface area contributed by atoms with Gasteiger partial charge in [0.1, 0.15) is 0 Å². The highest BCUT2D eigenvalue weighted by Crippen LogP contribution is 2.21. The Morgan fingerprint density at radius 2 is 2.24 bits per heavy atom. The Kier molecular flexibility index (Phi) is 3.84. The predicted octanol–water partition coefficient (Wildman–Crippen LogP) is 2.75. The van der Waals surface area contributed by atoms with E-state index in [0.29, 0.717) is 12.2 Å². The van der Waals surface area contributed by atoms with E-state index >= 15 is 0 Å². The van der Waals surface area contributed by atoms with Crippen LogP contribution in [0.1, 0.15) is 30.1 Å². The normalized spacial score (nSPS) is 24.4. The van der Waals surface area contributed by atoms with Gasteiger partial charge in [-0.2, -0.15) is 0 Å². The summed E-state index contributed by atoms with van der Waals surface area (Å²) in [6.07, 6.45) is 1.95. The fraction of sp³-hybridized carbons (Fsp3) is 0.462. The lowest BCUT2D eigenvalue weighted by atomic mass is 9.94. The second kappa shape index (κ2) is 5.19. The molecule has 0 spiro atoms. The number of halogens is 1. The van der Waals surface area contributed by atoms with E-state index in [-0.39, 0.29) is 11.4 Å². The van der Waals surface area contributed by atoms with Crippen molar-refractivity contribution in [3.63, 3.8) is 0 Å². The molecule has 92 valence electrons. The molecular formula is C13H16BrNO2. The Bertz CT molecular complexity index is 414. The molecule has 1 unspecified atom stereocenters. The minimum Gasteiger partial charge on any atom is -0.379 e. The van der Waals surface area contributed by atoms with Gasteiger partial charge >= 0.3 is 0 Å². The van der Waals surface area contributed by atoms with Gasteiger partial charge in [-0.25, -0.2) is 0 Å². The van der Waals surface area contributed by atoms with Gasteiger partial charge < -0.3 is 10.1 Å². The van der Waals surface area contributed by atoms with Gasteiger partial charge in [0.2, 0.25) is 0 Å². The molecule has 1 aromatic carbocycles. The second-order valence-corrected chi connectivity index (χ2v) is 5.51. The van der Waals surface area contributed by atoms with Crippen molar-refractivity contribution in [2.45, 2.75) is 25.3 Å².